The Morgan fingerprint density at radius 3 is 2.39 bits per heavy atom. The van der Waals surface area contributed by atoms with Gasteiger partial charge in [0.15, 0.2) is 0 Å². The molecule has 3 amide bonds. The highest BCUT2D eigenvalue weighted by molar-refractivity contribution is 5.78. The van der Waals surface area contributed by atoms with Gasteiger partial charge in [0, 0.05) is 45.7 Å². The van der Waals surface area contributed by atoms with E-state index in [1.807, 2.05) is 35.2 Å². The van der Waals surface area contributed by atoms with E-state index < -0.39 is 0 Å². The number of amides is 3. The molecule has 23 heavy (non-hydrogen) atoms. The SMILES string of the molecule is CCN1CCN(C(=O)CCNC(=O)NCc2ccccc2)CC1. The number of piperazine rings is 1. The molecule has 0 radical (unpaired) electrons. The van der Waals surface area contributed by atoms with Crippen LogP contribution in [0.2, 0.25) is 0 Å². The van der Waals surface area contributed by atoms with Crippen molar-refractivity contribution in [1.29, 1.82) is 0 Å². The van der Waals surface area contributed by atoms with Crippen LogP contribution in [0.4, 0.5) is 4.79 Å². The summed E-state index contributed by atoms with van der Waals surface area (Å²) in [6, 6.07) is 9.49. The van der Waals surface area contributed by atoms with Gasteiger partial charge in [0.05, 0.1) is 0 Å². The number of carbonyl (C=O) groups excluding carboxylic acids is 2. The fraction of sp³-hybridized carbons (Fsp3) is 0.529. The minimum absolute atomic E-state index is 0.115. The van der Waals surface area contributed by atoms with E-state index >= 15 is 0 Å². The van der Waals surface area contributed by atoms with Crippen LogP contribution >= 0.6 is 0 Å². The maximum absolute atomic E-state index is 12.1. The standard InChI is InChI=1S/C17H26N4O2/c1-2-20-10-12-21(13-11-20)16(22)8-9-18-17(23)19-14-15-6-4-3-5-7-15/h3-7H,2,8-14H2,1H3,(H2,18,19,23). The zero-order valence-corrected chi connectivity index (χ0v) is 13.8. The summed E-state index contributed by atoms with van der Waals surface area (Å²) >= 11 is 0. The smallest absolute Gasteiger partial charge is 0.315 e. The van der Waals surface area contributed by atoms with Gasteiger partial charge in [-0.1, -0.05) is 37.3 Å². The molecular weight excluding hydrogens is 292 g/mol. The van der Waals surface area contributed by atoms with Gasteiger partial charge in [-0.3, -0.25) is 4.79 Å². The molecule has 0 saturated carbocycles. The van der Waals surface area contributed by atoms with Gasteiger partial charge in [0.25, 0.3) is 0 Å². The van der Waals surface area contributed by atoms with Crippen LogP contribution < -0.4 is 10.6 Å². The molecule has 0 spiro atoms. The molecule has 0 bridgehead atoms. The Kier molecular flexibility index (Phi) is 6.87. The normalized spacial score (nSPS) is 15.3. The second-order valence-electron chi connectivity index (χ2n) is 5.66. The van der Waals surface area contributed by atoms with Crippen LogP contribution in [-0.4, -0.2) is 61.0 Å². The van der Waals surface area contributed by atoms with Crippen LogP contribution in [0, 0.1) is 0 Å². The maximum atomic E-state index is 12.1. The van der Waals surface area contributed by atoms with Gasteiger partial charge >= 0.3 is 6.03 Å². The minimum Gasteiger partial charge on any atom is -0.340 e. The van der Waals surface area contributed by atoms with Crippen LogP contribution in [0.25, 0.3) is 0 Å². The second kappa shape index (κ2) is 9.15. The summed E-state index contributed by atoms with van der Waals surface area (Å²) in [6.07, 6.45) is 0.352. The summed E-state index contributed by atoms with van der Waals surface area (Å²) < 4.78 is 0. The average molecular weight is 318 g/mol. The van der Waals surface area contributed by atoms with E-state index in [1.165, 1.54) is 0 Å². The van der Waals surface area contributed by atoms with E-state index in [2.05, 4.69) is 22.5 Å². The summed E-state index contributed by atoms with van der Waals surface area (Å²) in [5.74, 6) is 0.115. The summed E-state index contributed by atoms with van der Waals surface area (Å²) in [7, 11) is 0. The van der Waals surface area contributed by atoms with E-state index in [0.717, 1.165) is 38.3 Å². The van der Waals surface area contributed by atoms with Crippen molar-refractivity contribution in [3.05, 3.63) is 35.9 Å². The second-order valence-corrected chi connectivity index (χ2v) is 5.66. The molecule has 0 unspecified atom stereocenters. The van der Waals surface area contributed by atoms with Crippen molar-refractivity contribution in [1.82, 2.24) is 20.4 Å². The van der Waals surface area contributed by atoms with E-state index in [4.69, 9.17) is 0 Å². The number of carbonyl (C=O) groups is 2. The quantitative estimate of drug-likeness (QED) is 0.824. The highest BCUT2D eigenvalue weighted by Gasteiger charge is 2.19. The number of benzene rings is 1. The van der Waals surface area contributed by atoms with Crippen molar-refractivity contribution in [2.45, 2.75) is 19.9 Å². The van der Waals surface area contributed by atoms with Crippen molar-refractivity contribution in [3.8, 4) is 0 Å². The number of nitrogens with zero attached hydrogens (tertiary/aromatic N) is 2. The molecule has 0 atom stereocenters. The van der Waals surface area contributed by atoms with Gasteiger partial charge in [-0.2, -0.15) is 0 Å². The number of likely N-dealkylation sites (N-methyl/N-ethyl adjacent to an activating group) is 1. The molecule has 2 N–H and O–H groups in total. The molecule has 6 nitrogen and oxygen atoms in total. The van der Waals surface area contributed by atoms with Gasteiger partial charge in [-0.25, -0.2) is 4.79 Å². The number of nitrogens with one attached hydrogen (secondary N) is 2. The molecule has 1 aromatic rings. The van der Waals surface area contributed by atoms with E-state index in [1.54, 1.807) is 0 Å². The molecule has 6 heteroatoms. The number of hydrogen-bond donors (Lipinski definition) is 2. The van der Waals surface area contributed by atoms with Crippen molar-refractivity contribution in [2.24, 2.45) is 0 Å². The first-order chi connectivity index (χ1) is 11.2. The number of urea groups is 1. The molecule has 0 aliphatic carbocycles. The zero-order chi connectivity index (χ0) is 16.5. The molecule has 1 heterocycles. The van der Waals surface area contributed by atoms with Crippen molar-refractivity contribution >= 4 is 11.9 Å². The summed E-state index contributed by atoms with van der Waals surface area (Å²) in [5, 5.41) is 5.52. The predicted octanol–water partition coefficient (Wildman–Crippen LogP) is 1.04. The van der Waals surface area contributed by atoms with Crippen LogP contribution in [0.1, 0.15) is 18.9 Å². The first-order valence-corrected chi connectivity index (χ1v) is 8.24. The Morgan fingerprint density at radius 2 is 1.74 bits per heavy atom. The molecule has 1 aliphatic heterocycles. The number of hydrogen-bond acceptors (Lipinski definition) is 3. The van der Waals surface area contributed by atoms with Crippen LogP contribution in [-0.2, 0) is 11.3 Å². The van der Waals surface area contributed by atoms with Gasteiger partial charge < -0.3 is 20.4 Å². The lowest BCUT2D eigenvalue weighted by molar-refractivity contribution is -0.132. The number of rotatable bonds is 6. The summed E-state index contributed by atoms with van der Waals surface area (Å²) in [4.78, 5) is 28.0. The lowest BCUT2D eigenvalue weighted by atomic mass is 10.2. The van der Waals surface area contributed by atoms with Gasteiger partial charge in [0.2, 0.25) is 5.91 Å². The Morgan fingerprint density at radius 1 is 1.04 bits per heavy atom. The third-order valence-electron chi connectivity index (χ3n) is 4.09. The lowest BCUT2D eigenvalue weighted by Crippen LogP contribution is -2.49. The Labute approximate surface area is 137 Å². The fourth-order valence-corrected chi connectivity index (χ4v) is 2.60. The van der Waals surface area contributed by atoms with Gasteiger partial charge in [-0.05, 0) is 12.1 Å². The van der Waals surface area contributed by atoms with Crippen LogP contribution in [0.3, 0.4) is 0 Å². The molecule has 126 valence electrons. The van der Waals surface area contributed by atoms with Crippen molar-refractivity contribution < 1.29 is 9.59 Å². The third-order valence-corrected chi connectivity index (χ3v) is 4.09. The lowest BCUT2D eigenvalue weighted by Gasteiger charge is -2.34. The molecule has 1 aliphatic rings. The Bertz CT molecular complexity index is 499. The Hall–Kier alpha value is -2.08. The molecule has 1 saturated heterocycles. The third kappa shape index (κ3) is 5.90. The van der Waals surface area contributed by atoms with Crippen molar-refractivity contribution in [2.75, 3.05) is 39.3 Å². The largest absolute Gasteiger partial charge is 0.340 e. The van der Waals surface area contributed by atoms with Crippen LogP contribution in [0.15, 0.2) is 30.3 Å². The van der Waals surface area contributed by atoms with Gasteiger partial charge in [0.1, 0.15) is 0 Å². The van der Waals surface area contributed by atoms with Crippen LogP contribution in [0.5, 0.6) is 0 Å². The van der Waals surface area contributed by atoms with Crippen molar-refractivity contribution in [3.63, 3.8) is 0 Å². The highest BCUT2D eigenvalue weighted by Crippen LogP contribution is 2.03. The van der Waals surface area contributed by atoms with E-state index in [0.29, 0.717) is 19.5 Å². The average Bonchev–Trinajstić information content (AvgIpc) is 2.61. The molecular formula is C17H26N4O2. The molecule has 0 aromatic heterocycles. The first kappa shape index (κ1) is 17.3. The Balaban J connectivity index is 1.59. The predicted molar refractivity (Wildman–Crippen MR) is 90.0 cm³/mol. The molecule has 1 fully saturated rings. The highest BCUT2D eigenvalue weighted by atomic mass is 16.2. The maximum Gasteiger partial charge on any atom is 0.315 e. The monoisotopic (exact) mass is 318 g/mol. The van der Waals surface area contributed by atoms with E-state index in [9.17, 15) is 9.59 Å². The zero-order valence-electron chi connectivity index (χ0n) is 13.8. The minimum atomic E-state index is -0.238. The van der Waals surface area contributed by atoms with E-state index in [-0.39, 0.29) is 11.9 Å². The molecule has 2 rings (SSSR count). The van der Waals surface area contributed by atoms with Gasteiger partial charge in [-0.15, -0.1) is 0 Å². The topological polar surface area (TPSA) is 64.7 Å². The molecule has 1 aromatic carbocycles. The summed E-state index contributed by atoms with van der Waals surface area (Å²) in [6.45, 7) is 7.47. The fourth-order valence-electron chi connectivity index (χ4n) is 2.60. The summed E-state index contributed by atoms with van der Waals surface area (Å²) in [5.41, 5.74) is 1.05. The first-order valence-electron chi connectivity index (χ1n) is 8.24.